The van der Waals surface area contributed by atoms with Crippen molar-refractivity contribution >= 4 is 8.30 Å². The molecule has 62 valence electrons. The second kappa shape index (κ2) is 5.06. The van der Waals surface area contributed by atoms with Gasteiger partial charge in [0.15, 0.2) is 0 Å². The summed E-state index contributed by atoms with van der Waals surface area (Å²) in [7, 11) is 3.80. The van der Waals surface area contributed by atoms with Crippen molar-refractivity contribution in [3.05, 3.63) is 0 Å². The van der Waals surface area contributed by atoms with E-state index in [0.717, 1.165) is 6.61 Å². The summed E-state index contributed by atoms with van der Waals surface area (Å²) in [6, 6.07) is 0. The molecule has 0 aromatic carbocycles. The molecule has 0 rings (SSSR count). The molecule has 0 amide bonds. The van der Waals surface area contributed by atoms with Crippen LogP contribution in [-0.4, -0.2) is 31.0 Å². The lowest BCUT2D eigenvalue weighted by molar-refractivity contribution is 0.344. The molecule has 10 heavy (non-hydrogen) atoms. The second-order valence-corrected chi connectivity index (χ2v) is 5.36. The molecule has 0 radical (unpaired) electrons. The second-order valence-electron chi connectivity index (χ2n) is 2.66. The molecule has 0 saturated carbocycles. The molecular weight excluding hydrogens is 145 g/mol. The Bertz CT molecular complexity index is 77.7. The lowest BCUT2D eigenvalue weighted by Crippen LogP contribution is -2.13. The molecular formula is C7H18NOP. The van der Waals surface area contributed by atoms with E-state index in [-0.39, 0.29) is 8.30 Å². The van der Waals surface area contributed by atoms with Crippen LogP contribution in [0.15, 0.2) is 0 Å². The summed E-state index contributed by atoms with van der Waals surface area (Å²) in [6.45, 7) is 7.26. The Morgan fingerprint density at radius 2 is 1.90 bits per heavy atom. The van der Waals surface area contributed by atoms with E-state index in [9.17, 15) is 0 Å². The molecule has 0 aromatic heterocycles. The van der Waals surface area contributed by atoms with Crippen LogP contribution in [0.3, 0.4) is 0 Å². The number of hydrogen-bond acceptors (Lipinski definition) is 2. The fourth-order valence-corrected chi connectivity index (χ4v) is 2.58. The quantitative estimate of drug-likeness (QED) is 0.589. The fraction of sp³-hybridized carbons (Fsp3) is 1.00. The normalized spacial score (nSPS) is 14.7. The van der Waals surface area contributed by atoms with Gasteiger partial charge >= 0.3 is 0 Å². The summed E-state index contributed by atoms with van der Waals surface area (Å²) in [5.74, 6) is 0. The smallest absolute Gasteiger partial charge is 0.106 e. The lowest BCUT2D eigenvalue weighted by atomic mass is 10.6. The summed E-state index contributed by atoms with van der Waals surface area (Å²) in [6.07, 6.45) is 0. The van der Waals surface area contributed by atoms with Crippen molar-refractivity contribution in [2.24, 2.45) is 0 Å². The van der Waals surface area contributed by atoms with E-state index in [1.807, 2.05) is 6.92 Å². The van der Waals surface area contributed by atoms with Gasteiger partial charge in [0, 0.05) is 12.3 Å². The van der Waals surface area contributed by atoms with Crippen molar-refractivity contribution in [2.45, 2.75) is 26.4 Å². The molecule has 1 atom stereocenters. The predicted molar refractivity (Wildman–Crippen MR) is 47.4 cm³/mol. The van der Waals surface area contributed by atoms with Gasteiger partial charge < -0.3 is 4.52 Å². The number of rotatable bonds is 4. The third-order valence-electron chi connectivity index (χ3n) is 1.10. The van der Waals surface area contributed by atoms with Crippen molar-refractivity contribution in [1.29, 1.82) is 0 Å². The molecule has 0 aromatic rings. The maximum absolute atomic E-state index is 5.56. The van der Waals surface area contributed by atoms with Crippen LogP contribution in [0.5, 0.6) is 0 Å². The third kappa shape index (κ3) is 3.50. The van der Waals surface area contributed by atoms with Gasteiger partial charge in [-0.25, -0.2) is 0 Å². The zero-order chi connectivity index (χ0) is 8.15. The van der Waals surface area contributed by atoms with Gasteiger partial charge in [-0.15, -0.1) is 0 Å². The van der Waals surface area contributed by atoms with Gasteiger partial charge in [-0.2, -0.15) is 0 Å². The molecule has 3 heteroatoms. The summed E-state index contributed by atoms with van der Waals surface area (Å²) in [4.78, 5) is 0. The SMILES string of the molecule is CCOP(C(C)C)N(C)C. The van der Waals surface area contributed by atoms with Gasteiger partial charge in [0.1, 0.15) is 8.30 Å². The van der Waals surface area contributed by atoms with Crippen molar-refractivity contribution in [3.8, 4) is 0 Å². The Labute approximate surface area is 65.4 Å². The monoisotopic (exact) mass is 163 g/mol. The van der Waals surface area contributed by atoms with Crippen LogP contribution in [0.4, 0.5) is 0 Å². The van der Waals surface area contributed by atoms with Gasteiger partial charge in [-0.05, 0) is 21.0 Å². The maximum Gasteiger partial charge on any atom is 0.106 e. The number of hydrogen-bond donors (Lipinski definition) is 0. The highest BCUT2D eigenvalue weighted by Gasteiger charge is 2.14. The minimum atomic E-state index is -0.345. The molecule has 0 bridgehead atoms. The highest BCUT2D eigenvalue weighted by molar-refractivity contribution is 7.50. The molecule has 0 aliphatic heterocycles. The molecule has 1 unspecified atom stereocenters. The lowest BCUT2D eigenvalue weighted by Gasteiger charge is -2.26. The highest BCUT2D eigenvalue weighted by Crippen LogP contribution is 2.43. The molecule has 0 aliphatic rings. The molecule has 0 saturated heterocycles. The van der Waals surface area contributed by atoms with Crippen LogP contribution in [0.25, 0.3) is 0 Å². The predicted octanol–water partition coefficient (Wildman–Crippen LogP) is 2.30. The average Bonchev–Trinajstić information content (AvgIpc) is 1.81. The third-order valence-corrected chi connectivity index (χ3v) is 3.29. The van der Waals surface area contributed by atoms with E-state index in [1.165, 1.54) is 0 Å². The highest BCUT2D eigenvalue weighted by atomic mass is 31.2. The van der Waals surface area contributed by atoms with Crippen LogP contribution in [0.2, 0.25) is 0 Å². The van der Waals surface area contributed by atoms with Crippen molar-refractivity contribution < 1.29 is 4.52 Å². The first-order chi connectivity index (χ1) is 4.59. The summed E-state index contributed by atoms with van der Waals surface area (Å²) < 4.78 is 7.73. The van der Waals surface area contributed by atoms with E-state index in [0.29, 0.717) is 5.66 Å². The van der Waals surface area contributed by atoms with E-state index < -0.39 is 0 Å². The Balaban J connectivity index is 3.73. The first-order valence-electron chi connectivity index (χ1n) is 3.69. The van der Waals surface area contributed by atoms with Crippen LogP contribution < -0.4 is 0 Å². The van der Waals surface area contributed by atoms with Crippen molar-refractivity contribution in [1.82, 2.24) is 4.67 Å². The van der Waals surface area contributed by atoms with Gasteiger partial charge in [0.2, 0.25) is 0 Å². The zero-order valence-electron chi connectivity index (χ0n) is 7.59. The maximum atomic E-state index is 5.56. The first kappa shape index (κ1) is 10.3. The van der Waals surface area contributed by atoms with Crippen LogP contribution in [-0.2, 0) is 4.52 Å². The first-order valence-corrected chi connectivity index (χ1v) is 4.97. The Morgan fingerprint density at radius 3 is 2.00 bits per heavy atom. The summed E-state index contributed by atoms with van der Waals surface area (Å²) >= 11 is 0. The molecule has 0 N–H and O–H groups in total. The topological polar surface area (TPSA) is 12.5 Å². The average molecular weight is 163 g/mol. The van der Waals surface area contributed by atoms with Gasteiger partial charge in [0.25, 0.3) is 0 Å². The van der Waals surface area contributed by atoms with E-state index >= 15 is 0 Å². The van der Waals surface area contributed by atoms with E-state index in [2.05, 4.69) is 32.6 Å². The molecule has 0 heterocycles. The van der Waals surface area contributed by atoms with Crippen LogP contribution >= 0.6 is 8.30 Å². The minimum absolute atomic E-state index is 0.345. The Kier molecular flexibility index (Phi) is 5.24. The van der Waals surface area contributed by atoms with Crippen LogP contribution in [0, 0.1) is 0 Å². The number of nitrogens with zero attached hydrogens (tertiary/aromatic N) is 1. The molecule has 0 aliphatic carbocycles. The van der Waals surface area contributed by atoms with Gasteiger partial charge in [0.05, 0.1) is 0 Å². The van der Waals surface area contributed by atoms with Crippen molar-refractivity contribution in [2.75, 3.05) is 20.7 Å². The van der Waals surface area contributed by atoms with Crippen molar-refractivity contribution in [3.63, 3.8) is 0 Å². The zero-order valence-corrected chi connectivity index (χ0v) is 8.48. The van der Waals surface area contributed by atoms with Gasteiger partial charge in [-0.3, -0.25) is 4.67 Å². The fourth-order valence-electron chi connectivity index (χ4n) is 0.859. The summed E-state index contributed by atoms with van der Waals surface area (Å²) in [5.41, 5.74) is 0.630. The van der Waals surface area contributed by atoms with E-state index in [1.54, 1.807) is 0 Å². The molecule has 0 fully saturated rings. The van der Waals surface area contributed by atoms with Crippen LogP contribution in [0.1, 0.15) is 20.8 Å². The van der Waals surface area contributed by atoms with E-state index in [4.69, 9.17) is 4.52 Å². The molecule has 0 spiro atoms. The Hall–Kier alpha value is 0.350. The minimum Gasteiger partial charge on any atom is -0.344 e. The Morgan fingerprint density at radius 1 is 1.40 bits per heavy atom. The largest absolute Gasteiger partial charge is 0.344 e. The standard InChI is InChI=1S/C7H18NOP/c1-6-9-10(7(2)3)8(4)5/h7H,6H2,1-5H3. The molecule has 2 nitrogen and oxygen atoms in total. The summed E-state index contributed by atoms with van der Waals surface area (Å²) in [5, 5.41) is 0. The van der Waals surface area contributed by atoms with Gasteiger partial charge in [-0.1, -0.05) is 13.8 Å².